The van der Waals surface area contributed by atoms with Crippen molar-refractivity contribution in [1.82, 2.24) is 14.5 Å². The average molecular weight is 264 g/mol. The van der Waals surface area contributed by atoms with E-state index in [2.05, 4.69) is 41.6 Å². The van der Waals surface area contributed by atoms with Crippen molar-refractivity contribution in [2.75, 3.05) is 17.7 Å². The van der Waals surface area contributed by atoms with Gasteiger partial charge >= 0.3 is 0 Å². The Morgan fingerprint density at radius 3 is 2.72 bits per heavy atom. The fraction of sp³-hybridized carbons (Fsp3) is 0.538. The number of nitrogens with zero attached hydrogens (tertiary/aromatic N) is 3. The van der Waals surface area contributed by atoms with Gasteiger partial charge in [0.15, 0.2) is 0 Å². The maximum absolute atomic E-state index is 5.99. The standard InChI is InChI=1S/C13H20N4S/c1-5-10(6-18-4)17-9(3)8(2)11-12(14)15-7-16-13(11)17/h7,10H,5-6H2,1-4H3,(H2,14,15,16). The van der Waals surface area contributed by atoms with Crippen LogP contribution in [0, 0.1) is 13.8 Å². The zero-order chi connectivity index (χ0) is 13.3. The van der Waals surface area contributed by atoms with Crippen molar-refractivity contribution in [2.24, 2.45) is 0 Å². The second-order valence-corrected chi connectivity index (χ2v) is 5.47. The van der Waals surface area contributed by atoms with Crippen LogP contribution >= 0.6 is 11.8 Å². The molecule has 5 heteroatoms. The summed E-state index contributed by atoms with van der Waals surface area (Å²) >= 11 is 1.86. The molecule has 0 saturated carbocycles. The molecular weight excluding hydrogens is 244 g/mol. The van der Waals surface area contributed by atoms with Crippen molar-refractivity contribution in [1.29, 1.82) is 0 Å². The first-order chi connectivity index (χ1) is 8.61. The summed E-state index contributed by atoms with van der Waals surface area (Å²) in [7, 11) is 0. The van der Waals surface area contributed by atoms with E-state index >= 15 is 0 Å². The summed E-state index contributed by atoms with van der Waals surface area (Å²) in [4.78, 5) is 8.54. The van der Waals surface area contributed by atoms with Crippen molar-refractivity contribution >= 4 is 28.6 Å². The highest BCUT2D eigenvalue weighted by molar-refractivity contribution is 7.98. The third kappa shape index (κ3) is 1.96. The van der Waals surface area contributed by atoms with E-state index in [4.69, 9.17) is 5.73 Å². The first-order valence-corrected chi connectivity index (χ1v) is 7.57. The Kier molecular flexibility index (Phi) is 3.80. The number of anilines is 1. The average Bonchev–Trinajstić information content (AvgIpc) is 2.61. The normalized spacial score (nSPS) is 13.1. The molecule has 98 valence electrons. The Morgan fingerprint density at radius 2 is 2.11 bits per heavy atom. The molecule has 1 atom stereocenters. The molecule has 2 N–H and O–H groups in total. The molecule has 0 amide bonds. The van der Waals surface area contributed by atoms with Crippen LogP contribution in [0.4, 0.5) is 5.82 Å². The minimum atomic E-state index is 0.463. The first kappa shape index (κ1) is 13.2. The van der Waals surface area contributed by atoms with Gasteiger partial charge in [-0.1, -0.05) is 6.92 Å². The van der Waals surface area contributed by atoms with Crippen LogP contribution in [0.15, 0.2) is 6.33 Å². The Morgan fingerprint density at radius 1 is 1.39 bits per heavy atom. The van der Waals surface area contributed by atoms with E-state index in [0.29, 0.717) is 11.9 Å². The van der Waals surface area contributed by atoms with Gasteiger partial charge in [0.2, 0.25) is 0 Å². The van der Waals surface area contributed by atoms with Gasteiger partial charge in [0.1, 0.15) is 17.8 Å². The molecule has 0 aliphatic rings. The molecule has 0 aromatic carbocycles. The van der Waals surface area contributed by atoms with Crippen LogP contribution in [0.2, 0.25) is 0 Å². The van der Waals surface area contributed by atoms with Gasteiger partial charge in [-0.25, -0.2) is 9.97 Å². The lowest BCUT2D eigenvalue weighted by atomic mass is 10.2. The molecule has 4 nitrogen and oxygen atoms in total. The van der Waals surface area contributed by atoms with Crippen molar-refractivity contribution in [3.63, 3.8) is 0 Å². The van der Waals surface area contributed by atoms with Gasteiger partial charge in [0.05, 0.1) is 5.39 Å². The minimum Gasteiger partial charge on any atom is -0.383 e. The van der Waals surface area contributed by atoms with E-state index in [1.54, 1.807) is 6.33 Å². The lowest BCUT2D eigenvalue weighted by molar-refractivity contribution is 0.541. The summed E-state index contributed by atoms with van der Waals surface area (Å²) in [6, 6.07) is 0.463. The Hall–Kier alpha value is -1.23. The van der Waals surface area contributed by atoms with Crippen molar-refractivity contribution in [3.8, 4) is 0 Å². The highest BCUT2D eigenvalue weighted by atomic mass is 32.2. The van der Waals surface area contributed by atoms with Gasteiger partial charge in [-0.05, 0) is 32.1 Å². The molecular formula is C13H20N4S. The number of nitrogens with two attached hydrogens (primary N) is 1. The smallest absolute Gasteiger partial charge is 0.146 e. The van der Waals surface area contributed by atoms with Gasteiger partial charge in [0.25, 0.3) is 0 Å². The van der Waals surface area contributed by atoms with E-state index in [-0.39, 0.29) is 0 Å². The van der Waals surface area contributed by atoms with Crippen LogP contribution in [0.5, 0.6) is 0 Å². The fourth-order valence-corrected chi connectivity index (χ4v) is 3.24. The number of thioether (sulfide) groups is 1. The molecule has 0 aliphatic heterocycles. The Labute approximate surface area is 112 Å². The van der Waals surface area contributed by atoms with Gasteiger partial charge < -0.3 is 10.3 Å². The zero-order valence-corrected chi connectivity index (χ0v) is 12.2. The molecule has 2 aromatic heterocycles. The first-order valence-electron chi connectivity index (χ1n) is 6.18. The molecule has 0 aliphatic carbocycles. The van der Waals surface area contributed by atoms with Crippen molar-refractivity contribution in [2.45, 2.75) is 33.2 Å². The second kappa shape index (κ2) is 5.18. The summed E-state index contributed by atoms with van der Waals surface area (Å²) in [6.07, 6.45) is 4.79. The van der Waals surface area contributed by atoms with Crippen LogP contribution in [-0.2, 0) is 0 Å². The number of hydrogen-bond acceptors (Lipinski definition) is 4. The molecule has 2 heterocycles. The molecule has 2 rings (SSSR count). The number of fused-ring (bicyclic) bond motifs is 1. The largest absolute Gasteiger partial charge is 0.383 e. The van der Waals surface area contributed by atoms with E-state index in [1.165, 1.54) is 11.3 Å². The number of aryl methyl sites for hydroxylation is 1. The molecule has 0 saturated heterocycles. The molecule has 0 fully saturated rings. The van der Waals surface area contributed by atoms with E-state index in [9.17, 15) is 0 Å². The SMILES string of the molecule is CCC(CSC)n1c(C)c(C)c2c(N)ncnc21. The van der Waals surface area contributed by atoms with Gasteiger partial charge in [-0.3, -0.25) is 0 Å². The predicted molar refractivity (Wildman–Crippen MR) is 79.1 cm³/mol. The highest BCUT2D eigenvalue weighted by Gasteiger charge is 2.19. The molecule has 2 aromatic rings. The van der Waals surface area contributed by atoms with Crippen LogP contribution in [0.25, 0.3) is 11.0 Å². The third-order valence-corrected chi connectivity index (χ3v) is 4.28. The van der Waals surface area contributed by atoms with Crippen molar-refractivity contribution < 1.29 is 0 Å². The van der Waals surface area contributed by atoms with Gasteiger partial charge in [0, 0.05) is 17.5 Å². The monoisotopic (exact) mass is 264 g/mol. The topological polar surface area (TPSA) is 56.7 Å². The van der Waals surface area contributed by atoms with E-state index < -0.39 is 0 Å². The number of rotatable bonds is 4. The molecule has 0 spiro atoms. The number of nitrogen functional groups attached to an aromatic ring is 1. The van der Waals surface area contributed by atoms with E-state index in [0.717, 1.165) is 23.2 Å². The predicted octanol–water partition coefficient (Wildman–Crippen LogP) is 2.94. The fourth-order valence-electron chi connectivity index (χ4n) is 2.47. The maximum atomic E-state index is 5.99. The van der Waals surface area contributed by atoms with Crippen LogP contribution in [-0.4, -0.2) is 26.5 Å². The summed E-state index contributed by atoms with van der Waals surface area (Å²) in [5, 5.41) is 1.01. The maximum Gasteiger partial charge on any atom is 0.146 e. The summed E-state index contributed by atoms with van der Waals surface area (Å²) in [6.45, 7) is 6.45. The quantitative estimate of drug-likeness (QED) is 0.922. The number of aromatic nitrogens is 3. The summed E-state index contributed by atoms with van der Waals surface area (Å²) in [5.74, 6) is 1.67. The van der Waals surface area contributed by atoms with Gasteiger partial charge in [-0.2, -0.15) is 11.8 Å². The third-order valence-electron chi connectivity index (χ3n) is 3.56. The minimum absolute atomic E-state index is 0.463. The molecule has 0 bridgehead atoms. The van der Waals surface area contributed by atoms with E-state index in [1.807, 2.05) is 11.8 Å². The Bertz CT molecular complexity index is 562. The second-order valence-electron chi connectivity index (χ2n) is 4.56. The van der Waals surface area contributed by atoms with Gasteiger partial charge in [-0.15, -0.1) is 0 Å². The molecule has 0 radical (unpaired) electrons. The van der Waals surface area contributed by atoms with Crippen molar-refractivity contribution in [3.05, 3.63) is 17.6 Å². The lowest BCUT2D eigenvalue weighted by Gasteiger charge is -2.19. The summed E-state index contributed by atoms with van der Waals surface area (Å²) in [5.41, 5.74) is 9.40. The number of hydrogen-bond donors (Lipinski definition) is 1. The highest BCUT2D eigenvalue weighted by Crippen LogP contribution is 2.31. The van der Waals surface area contributed by atoms with Crippen LogP contribution in [0.1, 0.15) is 30.6 Å². The Balaban J connectivity index is 2.70. The molecule has 18 heavy (non-hydrogen) atoms. The molecule has 1 unspecified atom stereocenters. The summed E-state index contributed by atoms with van der Waals surface area (Å²) < 4.78 is 2.32. The lowest BCUT2D eigenvalue weighted by Crippen LogP contribution is -2.13. The van der Waals surface area contributed by atoms with Crippen LogP contribution in [0.3, 0.4) is 0 Å². The van der Waals surface area contributed by atoms with Crippen LogP contribution < -0.4 is 5.73 Å². The zero-order valence-electron chi connectivity index (χ0n) is 11.4.